The summed E-state index contributed by atoms with van der Waals surface area (Å²) in [6, 6.07) is 1.75. The van der Waals surface area contributed by atoms with E-state index in [9.17, 15) is 4.79 Å². The molecule has 0 aliphatic carbocycles. The van der Waals surface area contributed by atoms with Crippen LogP contribution in [0.4, 0.5) is 0 Å². The molecule has 0 N–H and O–H groups in total. The Morgan fingerprint density at radius 2 is 2.14 bits per heavy atom. The van der Waals surface area contributed by atoms with Crippen LogP contribution in [0.2, 0.25) is 0 Å². The third kappa shape index (κ3) is 3.12. The van der Waals surface area contributed by atoms with Crippen molar-refractivity contribution in [3.8, 4) is 0 Å². The molecule has 0 aliphatic heterocycles. The lowest BCUT2D eigenvalue weighted by molar-refractivity contribution is -0.143. The smallest absolute Gasteiger partial charge is 0.306 e. The summed E-state index contributed by atoms with van der Waals surface area (Å²) >= 11 is 0. The monoisotopic (exact) mass is 194 g/mol. The molecule has 0 aromatic carbocycles. The SMILES string of the molecule is CCOC(=O)CC(C)c1ncccn1. The van der Waals surface area contributed by atoms with Crippen molar-refractivity contribution in [1.82, 2.24) is 9.97 Å². The van der Waals surface area contributed by atoms with E-state index in [-0.39, 0.29) is 11.9 Å². The Balaban J connectivity index is 2.50. The van der Waals surface area contributed by atoms with E-state index in [0.29, 0.717) is 18.9 Å². The van der Waals surface area contributed by atoms with Crippen LogP contribution >= 0.6 is 0 Å². The minimum atomic E-state index is -0.201. The molecular weight excluding hydrogens is 180 g/mol. The van der Waals surface area contributed by atoms with Crippen LogP contribution in [0.1, 0.15) is 32.0 Å². The van der Waals surface area contributed by atoms with Crippen molar-refractivity contribution in [2.24, 2.45) is 0 Å². The molecule has 0 saturated heterocycles. The van der Waals surface area contributed by atoms with Crippen molar-refractivity contribution in [3.63, 3.8) is 0 Å². The Kier molecular flexibility index (Phi) is 4.04. The third-order valence-corrected chi connectivity index (χ3v) is 1.80. The molecule has 0 saturated carbocycles. The number of hydrogen-bond acceptors (Lipinski definition) is 4. The summed E-state index contributed by atoms with van der Waals surface area (Å²) in [5, 5.41) is 0. The van der Waals surface area contributed by atoms with Gasteiger partial charge in [0.25, 0.3) is 0 Å². The summed E-state index contributed by atoms with van der Waals surface area (Å²) in [5.74, 6) is 0.489. The first kappa shape index (κ1) is 10.6. The first-order valence-corrected chi connectivity index (χ1v) is 4.66. The van der Waals surface area contributed by atoms with Gasteiger partial charge in [-0.2, -0.15) is 0 Å². The van der Waals surface area contributed by atoms with E-state index in [1.54, 1.807) is 25.4 Å². The fraction of sp³-hybridized carbons (Fsp3) is 0.500. The molecule has 0 bridgehead atoms. The highest BCUT2D eigenvalue weighted by Gasteiger charge is 2.13. The van der Waals surface area contributed by atoms with Gasteiger partial charge in [-0.05, 0) is 13.0 Å². The van der Waals surface area contributed by atoms with Gasteiger partial charge in [0.1, 0.15) is 5.82 Å². The molecule has 0 aliphatic rings. The first-order valence-electron chi connectivity index (χ1n) is 4.66. The highest BCUT2D eigenvalue weighted by molar-refractivity contribution is 5.70. The second-order valence-electron chi connectivity index (χ2n) is 3.02. The van der Waals surface area contributed by atoms with Crippen LogP contribution in [0.25, 0.3) is 0 Å². The molecule has 0 amide bonds. The quantitative estimate of drug-likeness (QED) is 0.682. The van der Waals surface area contributed by atoms with Crippen molar-refractivity contribution in [1.29, 1.82) is 0 Å². The molecule has 1 heterocycles. The molecule has 76 valence electrons. The van der Waals surface area contributed by atoms with Gasteiger partial charge in [0, 0.05) is 18.3 Å². The first-order chi connectivity index (χ1) is 6.74. The van der Waals surface area contributed by atoms with Crippen LogP contribution in [0.15, 0.2) is 18.5 Å². The molecule has 1 aromatic rings. The van der Waals surface area contributed by atoms with Gasteiger partial charge >= 0.3 is 5.97 Å². The lowest BCUT2D eigenvalue weighted by Gasteiger charge is -2.08. The Morgan fingerprint density at radius 1 is 1.50 bits per heavy atom. The Morgan fingerprint density at radius 3 is 2.71 bits per heavy atom. The zero-order chi connectivity index (χ0) is 10.4. The fourth-order valence-corrected chi connectivity index (χ4v) is 1.13. The van der Waals surface area contributed by atoms with E-state index < -0.39 is 0 Å². The van der Waals surface area contributed by atoms with Crippen LogP contribution < -0.4 is 0 Å². The van der Waals surface area contributed by atoms with E-state index in [1.807, 2.05) is 6.92 Å². The van der Waals surface area contributed by atoms with E-state index in [1.165, 1.54) is 0 Å². The molecule has 0 fully saturated rings. The lowest BCUT2D eigenvalue weighted by atomic mass is 10.1. The van der Waals surface area contributed by atoms with Crippen LogP contribution in [-0.4, -0.2) is 22.5 Å². The molecule has 14 heavy (non-hydrogen) atoms. The summed E-state index contributed by atoms with van der Waals surface area (Å²) < 4.78 is 4.84. The van der Waals surface area contributed by atoms with Gasteiger partial charge in [-0.1, -0.05) is 6.92 Å². The predicted octanol–water partition coefficient (Wildman–Crippen LogP) is 1.53. The summed E-state index contributed by atoms with van der Waals surface area (Å²) in [7, 11) is 0. The average Bonchev–Trinajstić information content (AvgIpc) is 2.19. The number of carbonyl (C=O) groups excluding carboxylic acids is 1. The van der Waals surface area contributed by atoms with Crippen LogP contribution in [0.3, 0.4) is 0 Å². The lowest BCUT2D eigenvalue weighted by Crippen LogP contribution is -2.10. The second-order valence-corrected chi connectivity index (χ2v) is 3.02. The number of nitrogens with zero attached hydrogens (tertiary/aromatic N) is 2. The molecule has 1 unspecified atom stereocenters. The molecule has 1 rings (SSSR count). The van der Waals surface area contributed by atoms with E-state index in [2.05, 4.69) is 9.97 Å². The van der Waals surface area contributed by atoms with Crippen molar-refractivity contribution >= 4 is 5.97 Å². The van der Waals surface area contributed by atoms with E-state index >= 15 is 0 Å². The van der Waals surface area contributed by atoms with Crippen molar-refractivity contribution in [2.45, 2.75) is 26.2 Å². The number of aromatic nitrogens is 2. The van der Waals surface area contributed by atoms with Crippen molar-refractivity contribution < 1.29 is 9.53 Å². The fourth-order valence-electron chi connectivity index (χ4n) is 1.13. The topological polar surface area (TPSA) is 52.1 Å². The predicted molar refractivity (Wildman–Crippen MR) is 51.7 cm³/mol. The number of rotatable bonds is 4. The zero-order valence-electron chi connectivity index (χ0n) is 8.43. The second kappa shape index (κ2) is 5.32. The van der Waals surface area contributed by atoms with Crippen LogP contribution in [-0.2, 0) is 9.53 Å². The maximum atomic E-state index is 11.1. The average molecular weight is 194 g/mol. The van der Waals surface area contributed by atoms with Gasteiger partial charge in [0.15, 0.2) is 0 Å². The standard InChI is InChI=1S/C10H14N2O2/c1-3-14-9(13)7-8(2)10-11-5-4-6-12-10/h4-6,8H,3,7H2,1-2H3. The van der Waals surface area contributed by atoms with Gasteiger partial charge in [-0.15, -0.1) is 0 Å². The highest BCUT2D eigenvalue weighted by atomic mass is 16.5. The summed E-state index contributed by atoms with van der Waals surface area (Å²) in [4.78, 5) is 19.3. The largest absolute Gasteiger partial charge is 0.466 e. The van der Waals surface area contributed by atoms with Gasteiger partial charge in [-0.25, -0.2) is 9.97 Å². The number of hydrogen-bond donors (Lipinski definition) is 0. The molecule has 1 aromatic heterocycles. The van der Waals surface area contributed by atoms with Gasteiger partial charge in [0.2, 0.25) is 0 Å². The summed E-state index contributed by atoms with van der Waals surface area (Å²) in [5.41, 5.74) is 0. The minimum absolute atomic E-state index is 0.00949. The summed E-state index contributed by atoms with van der Waals surface area (Å²) in [6.45, 7) is 4.12. The number of ether oxygens (including phenoxy) is 1. The van der Waals surface area contributed by atoms with Gasteiger partial charge < -0.3 is 4.74 Å². The number of carbonyl (C=O) groups is 1. The van der Waals surface area contributed by atoms with Crippen LogP contribution in [0, 0.1) is 0 Å². The van der Waals surface area contributed by atoms with E-state index in [4.69, 9.17) is 4.74 Å². The molecule has 1 atom stereocenters. The Hall–Kier alpha value is -1.45. The van der Waals surface area contributed by atoms with Crippen LogP contribution in [0.5, 0.6) is 0 Å². The molecule has 4 nitrogen and oxygen atoms in total. The van der Waals surface area contributed by atoms with E-state index in [0.717, 1.165) is 0 Å². The van der Waals surface area contributed by atoms with Crippen molar-refractivity contribution in [3.05, 3.63) is 24.3 Å². The zero-order valence-corrected chi connectivity index (χ0v) is 8.43. The highest BCUT2D eigenvalue weighted by Crippen LogP contribution is 2.14. The Bertz CT molecular complexity index is 287. The van der Waals surface area contributed by atoms with Crippen molar-refractivity contribution in [2.75, 3.05) is 6.61 Å². The molecule has 0 spiro atoms. The van der Waals surface area contributed by atoms with Gasteiger partial charge in [-0.3, -0.25) is 4.79 Å². The maximum Gasteiger partial charge on any atom is 0.306 e. The Labute approximate surface area is 83.3 Å². The summed E-state index contributed by atoms with van der Waals surface area (Å²) in [6.07, 6.45) is 3.67. The molecule has 0 radical (unpaired) electrons. The molecule has 4 heteroatoms. The third-order valence-electron chi connectivity index (χ3n) is 1.80. The normalized spacial score (nSPS) is 12.1. The minimum Gasteiger partial charge on any atom is -0.466 e. The molecular formula is C10H14N2O2. The van der Waals surface area contributed by atoms with Gasteiger partial charge in [0.05, 0.1) is 13.0 Å². The number of esters is 1. The maximum absolute atomic E-state index is 11.1.